The molecule has 0 aliphatic heterocycles. The van der Waals surface area contributed by atoms with E-state index in [1.165, 1.54) is 0 Å². The van der Waals surface area contributed by atoms with E-state index in [1.54, 1.807) is 109 Å². The summed E-state index contributed by atoms with van der Waals surface area (Å²) in [4.78, 5) is 126. The Morgan fingerprint density at radius 3 is 0.912 bits per heavy atom. The molecule has 0 heterocycles. The van der Waals surface area contributed by atoms with Gasteiger partial charge in [-0.05, 0) is 58.6 Å². The molecule has 8 amide bonds. The third-order valence-electron chi connectivity index (χ3n) is 15.1. The number of hydrogen-bond donors (Lipinski definition) is 10. The van der Waals surface area contributed by atoms with Crippen molar-refractivity contribution in [2.75, 3.05) is 0 Å². The molecule has 0 bridgehead atoms. The van der Waals surface area contributed by atoms with Gasteiger partial charge in [-0.3, -0.25) is 38.4 Å². The van der Waals surface area contributed by atoms with Gasteiger partial charge in [-0.15, -0.1) is 0 Å². The highest BCUT2D eigenvalue weighted by atomic mass is 16.4. The number of hydrogen-bond acceptors (Lipinski definition) is 10. The molecule has 440 valence electrons. The van der Waals surface area contributed by atoms with Gasteiger partial charge in [0, 0.05) is 12.8 Å². The Kier molecular flexibility index (Phi) is 28.1. The fourth-order valence-corrected chi connectivity index (χ4v) is 8.96. The van der Waals surface area contributed by atoms with Crippen LogP contribution in [0.5, 0.6) is 0 Å². The van der Waals surface area contributed by atoms with Crippen LogP contribution in [0.15, 0.2) is 91.0 Å². The van der Waals surface area contributed by atoms with Gasteiger partial charge in [0.2, 0.25) is 47.3 Å². The summed E-state index contributed by atoms with van der Waals surface area (Å²) in [6.45, 7) is 21.4. The average molecular weight is 1110 g/mol. The van der Waals surface area contributed by atoms with Gasteiger partial charge in [0.15, 0.2) is 0 Å². The summed E-state index contributed by atoms with van der Waals surface area (Å²) in [5.74, 6) is -9.25. The van der Waals surface area contributed by atoms with E-state index in [0.717, 1.165) is 5.56 Å². The highest BCUT2D eigenvalue weighted by Crippen LogP contribution is 2.18. The van der Waals surface area contributed by atoms with E-state index < -0.39 is 137 Å². The molecule has 0 saturated carbocycles. The van der Waals surface area contributed by atoms with Crippen molar-refractivity contribution < 1.29 is 48.3 Å². The zero-order chi connectivity index (χ0) is 59.8. The summed E-state index contributed by atoms with van der Waals surface area (Å²) in [7, 11) is 0. The number of benzene rings is 3. The standard InChI is InChI=1S/C61H91N9O10/c1-13-37(9)49(69-55(73)47(35(5)6)65-59(77)51(39(11)15-3)67-53(71)44(62)32-41-26-20-17-21-27-41)57(75)63-45(33-42-28-22-18-23-29-42)54(72)68-52(40(12)16-4)60(78)66-48(36(7)8)56(74)70-50(38(10)14-2)58(76)64-46(61(79)80)34-43-30-24-19-25-31-43/h17-31,35-40,44-52H,13-16,32-34,62H2,1-12H3,(H,63,75)(H,64,76)(H,65,77)(H,66,78)(H,67,71)(H,68,72)(H,69,73)(H,70,74)(H,79,80)/t37-,38-,39-,40-,44-,45-,46-,47-,48-,49-,50-,51-,52-/m0/s1. The number of amides is 8. The van der Waals surface area contributed by atoms with Crippen molar-refractivity contribution >= 4 is 53.2 Å². The third-order valence-corrected chi connectivity index (χ3v) is 15.1. The van der Waals surface area contributed by atoms with E-state index >= 15 is 0 Å². The molecule has 19 heteroatoms. The molecule has 0 fully saturated rings. The summed E-state index contributed by atoms with van der Waals surface area (Å²) in [6, 6.07) is 16.5. The Morgan fingerprint density at radius 2 is 0.600 bits per heavy atom. The fraction of sp³-hybridized carbons (Fsp3) is 0.557. The first-order valence-electron chi connectivity index (χ1n) is 28.4. The van der Waals surface area contributed by atoms with Gasteiger partial charge in [0.1, 0.15) is 48.3 Å². The fourth-order valence-electron chi connectivity index (χ4n) is 8.96. The lowest BCUT2D eigenvalue weighted by Crippen LogP contribution is -2.63. The quantitative estimate of drug-likeness (QED) is 0.0405. The Hall–Kier alpha value is -7.15. The number of nitrogens with one attached hydrogen (secondary N) is 8. The van der Waals surface area contributed by atoms with Crippen LogP contribution in [-0.2, 0) is 62.4 Å². The molecular formula is C61H91N9O10. The monoisotopic (exact) mass is 1110 g/mol. The van der Waals surface area contributed by atoms with E-state index in [4.69, 9.17) is 5.73 Å². The van der Waals surface area contributed by atoms with Crippen molar-refractivity contribution in [1.29, 1.82) is 0 Å². The van der Waals surface area contributed by atoms with Crippen LogP contribution in [-0.4, -0.2) is 113 Å². The lowest BCUT2D eigenvalue weighted by molar-refractivity contribution is -0.142. The number of carboxylic acid groups (broad SMARTS) is 1. The molecule has 0 aromatic heterocycles. The Labute approximate surface area is 473 Å². The molecule has 0 aliphatic rings. The molecule has 0 saturated heterocycles. The van der Waals surface area contributed by atoms with Crippen molar-refractivity contribution in [2.24, 2.45) is 41.2 Å². The molecule has 0 aliphatic carbocycles. The number of carbonyl (C=O) groups excluding carboxylic acids is 8. The maximum absolute atomic E-state index is 14.7. The summed E-state index contributed by atoms with van der Waals surface area (Å²) in [5.41, 5.74) is 8.52. The van der Waals surface area contributed by atoms with E-state index in [-0.39, 0.29) is 25.2 Å². The highest BCUT2D eigenvalue weighted by Gasteiger charge is 2.39. The first-order valence-corrected chi connectivity index (χ1v) is 28.4. The Balaban J connectivity index is 1.87. The van der Waals surface area contributed by atoms with Gasteiger partial charge in [-0.1, -0.05) is 200 Å². The van der Waals surface area contributed by atoms with Gasteiger partial charge in [-0.25, -0.2) is 4.79 Å². The molecule has 3 aromatic carbocycles. The minimum atomic E-state index is -1.28. The van der Waals surface area contributed by atoms with Crippen LogP contribution in [0.3, 0.4) is 0 Å². The maximum Gasteiger partial charge on any atom is 0.326 e. The van der Waals surface area contributed by atoms with Crippen LogP contribution in [0.25, 0.3) is 0 Å². The molecular weight excluding hydrogens is 1020 g/mol. The van der Waals surface area contributed by atoms with Crippen molar-refractivity contribution in [2.45, 2.75) is 182 Å². The second-order valence-corrected chi connectivity index (χ2v) is 22.1. The number of rotatable bonds is 33. The van der Waals surface area contributed by atoms with Crippen LogP contribution in [0.4, 0.5) is 0 Å². The van der Waals surface area contributed by atoms with E-state index in [9.17, 15) is 48.3 Å². The van der Waals surface area contributed by atoms with Gasteiger partial charge < -0.3 is 53.4 Å². The molecule has 3 aromatic rings. The van der Waals surface area contributed by atoms with Crippen molar-refractivity contribution in [3.8, 4) is 0 Å². The normalized spacial score (nSPS) is 16.2. The summed E-state index contributed by atoms with van der Waals surface area (Å²) >= 11 is 0. The number of nitrogens with two attached hydrogens (primary N) is 1. The highest BCUT2D eigenvalue weighted by molar-refractivity contribution is 5.98. The number of carboxylic acids is 1. The Bertz CT molecular complexity index is 2480. The maximum atomic E-state index is 14.7. The predicted molar refractivity (Wildman–Crippen MR) is 309 cm³/mol. The minimum Gasteiger partial charge on any atom is -0.480 e. The zero-order valence-corrected chi connectivity index (χ0v) is 49.0. The van der Waals surface area contributed by atoms with Gasteiger partial charge in [0.25, 0.3) is 0 Å². The van der Waals surface area contributed by atoms with Gasteiger partial charge in [0.05, 0.1) is 6.04 Å². The number of carbonyl (C=O) groups is 9. The zero-order valence-electron chi connectivity index (χ0n) is 49.0. The summed E-state index contributed by atoms with van der Waals surface area (Å²) in [6.07, 6.45) is 2.06. The topological polar surface area (TPSA) is 296 Å². The molecule has 19 nitrogen and oxygen atoms in total. The van der Waals surface area contributed by atoms with E-state index in [2.05, 4.69) is 42.5 Å². The molecule has 3 rings (SSSR count). The molecule has 80 heavy (non-hydrogen) atoms. The van der Waals surface area contributed by atoms with Gasteiger partial charge >= 0.3 is 5.97 Å². The van der Waals surface area contributed by atoms with Crippen molar-refractivity contribution in [3.05, 3.63) is 108 Å². The molecule has 0 unspecified atom stereocenters. The van der Waals surface area contributed by atoms with Gasteiger partial charge in [-0.2, -0.15) is 0 Å². The third kappa shape index (κ3) is 20.8. The minimum absolute atomic E-state index is 0.0115. The van der Waals surface area contributed by atoms with Crippen LogP contribution >= 0.6 is 0 Å². The van der Waals surface area contributed by atoms with Crippen LogP contribution in [0, 0.1) is 35.5 Å². The average Bonchev–Trinajstić information content (AvgIpc) is 3.44. The molecule has 0 spiro atoms. The SMILES string of the molecule is CC[C@H](C)[C@H](NC(=O)[C@H](Cc1ccccc1)NC(=O)[C@@H](NC(=O)[C@@H](NC(=O)[C@@H](NC(=O)[C@@H](N)Cc1ccccc1)[C@@H](C)CC)C(C)C)[C@@H](C)CC)C(=O)N[C@H](C(=O)N[C@H](C(=O)N[C@@H](Cc1ccccc1)C(=O)O)[C@@H](C)CC)C(C)C. The van der Waals surface area contributed by atoms with Crippen molar-refractivity contribution in [3.63, 3.8) is 0 Å². The second kappa shape index (κ2) is 33.4. The predicted octanol–water partition coefficient (Wildman–Crippen LogP) is 4.50. The largest absolute Gasteiger partial charge is 0.480 e. The molecule has 0 radical (unpaired) electrons. The summed E-state index contributed by atoms with van der Waals surface area (Å²) < 4.78 is 0. The first kappa shape index (κ1) is 67.1. The number of aliphatic carboxylic acids is 1. The van der Waals surface area contributed by atoms with E-state index in [1.807, 2.05) is 65.0 Å². The first-order chi connectivity index (χ1) is 37.9. The lowest BCUT2D eigenvalue weighted by atomic mass is 9.94. The van der Waals surface area contributed by atoms with E-state index in [0.29, 0.717) is 36.8 Å². The molecule has 11 N–H and O–H groups in total. The van der Waals surface area contributed by atoms with Crippen LogP contribution in [0.2, 0.25) is 0 Å². The Morgan fingerprint density at radius 1 is 0.350 bits per heavy atom. The second-order valence-electron chi connectivity index (χ2n) is 22.1. The lowest BCUT2D eigenvalue weighted by Gasteiger charge is -2.32. The summed E-state index contributed by atoms with van der Waals surface area (Å²) in [5, 5.41) is 32.4. The van der Waals surface area contributed by atoms with Crippen LogP contribution in [0.1, 0.15) is 125 Å². The smallest absolute Gasteiger partial charge is 0.326 e. The van der Waals surface area contributed by atoms with Crippen LogP contribution < -0.4 is 48.3 Å². The van der Waals surface area contributed by atoms with Crippen molar-refractivity contribution in [1.82, 2.24) is 42.5 Å². The molecule has 13 atom stereocenters.